The molecule has 0 bridgehead atoms. The molecule has 1 heterocycles. The van der Waals surface area contributed by atoms with Gasteiger partial charge < -0.3 is 20.1 Å². The van der Waals surface area contributed by atoms with E-state index in [1.54, 1.807) is 12.0 Å². The first-order valence-electron chi connectivity index (χ1n) is 8.12. The van der Waals surface area contributed by atoms with Crippen molar-refractivity contribution in [2.75, 3.05) is 32.5 Å². The van der Waals surface area contributed by atoms with Crippen LogP contribution in [0.2, 0.25) is 0 Å². The van der Waals surface area contributed by atoms with Gasteiger partial charge in [0.25, 0.3) is 0 Å². The van der Waals surface area contributed by atoms with Crippen LogP contribution < -0.4 is 10.5 Å². The molecular weight excluding hydrogens is 292 g/mol. The highest BCUT2D eigenvalue weighted by atomic mass is 16.6. The number of anilines is 1. The first-order valence-corrected chi connectivity index (χ1v) is 8.12. The van der Waals surface area contributed by atoms with Gasteiger partial charge in [0, 0.05) is 13.1 Å². The summed E-state index contributed by atoms with van der Waals surface area (Å²) in [6.45, 7) is 5.86. The molecule has 0 aromatic heterocycles. The van der Waals surface area contributed by atoms with E-state index in [-0.39, 0.29) is 6.09 Å². The largest absolute Gasteiger partial charge is 0.495 e. The third kappa shape index (κ3) is 4.18. The van der Waals surface area contributed by atoms with Crippen LogP contribution in [0.15, 0.2) is 18.2 Å². The number of amides is 1. The van der Waals surface area contributed by atoms with E-state index in [0.717, 1.165) is 30.4 Å². The highest BCUT2D eigenvalue weighted by Crippen LogP contribution is 2.32. The Morgan fingerprint density at radius 2 is 2.17 bits per heavy atom. The van der Waals surface area contributed by atoms with Gasteiger partial charge in [-0.3, -0.25) is 0 Å². The molecule has 0 radical (unpaired) electrons. The molecule has 126 valence electrons. The molecule has 5 heteroatoms. The predicted octanol–water partition coefficient (Wildman–Crippen LogP) is 3.61. The van der Waals surface area contributed by atoms with Crippen molar-refractivity contribution >= 4 is 17.4 Å². The van der Waals surface area contributed by atoms with Crippen LogP contribution in [0.25, 0.3) is 5.57 Å². The summed E-state index contributed by atoms with van der Waals surface area (Å²) >= 11 is 0. The zero-order valence-electron chi connectivity index (χ0n) is 14.2. The fourth-order valence-corrected chi connectivity index (χ4v) is 2.71. The van der Waals surface area contributed by atoms with Gasteiger partial charge in [-0.05, 0) is 48.6 Å². The number of nitrogen functional groups attached to an aromatic ring is 1. The Morgan fingerprint density at radius 1 is 1.39 bits per heavy atom. The third-order valence-corrected chi connectivity index (χ3v) is 4.11. The maximum absolute atomic E-state index is 12.0. The van der Waals surface area contributed by atoms with Crippen molar-refractivity contribution in [1.29, 1.82) is 0 Å². The first-order chi connectivity index (χ1) is 11.1. The van der Waals surface area contributed by atoms with Gasteiger partial charge in [0.05, 0.1) is 19.4 Å². The second kappa shape index (κ2) is 7.90. The van der Waals surface area contributed by atoms with Gasteiger partial charge in [0.15, 0.2) is 0 Å². The zero-order chi connectivity index (χ0) is 16.8. The molecule has 5 nitrogen and oxygen atoms in total. The second-order valence-electron chi connectivity index (χ2n) is 5.80. The Hall–Kier alpha value is -2.17. The standard InChI is InChI=1S/C18H26N2O3/c1-4-5-10-23-18(21)20-8-6-14(7-9-20)15-12-17(22-3)16(19)11-13(15)2/h6,11-12H,4-5,7-10,19H2,1-3H3. The van der Waals surface area contributed by atoms with Gasteiger partial charge in [0.2, 0.25) is 0 Å². The van der Waals surface area contributed by atoms with Crippen LogP contribution in [0.3, 0.4) is 0 Å². The summed E-state index contributed by atoms with van der Waals surface area (Å²) in [5.74, 6) is 0.688. The van der Waals surface area contributed by atoms with E-state index in [2.05, 4.69) is 13.0 Å². The van der Waals surface area contributed by atoms with Gasteiger partial charge in [-0.25, -0.2) is 4.79 Å². The monoisotopic (exact) mass is 318 g/mol. The number of carbonyl (C=O) groups excluding carboxylic acids is 1. The average Bonchev–Trinajstić information content (AvgIpc) is 2.55. The average molecular weight is 318 g/mol. The number of hydrogen-bond acceptors (Lipinski definition) is 4. The minimum atomic E-state index is -0.222. The Morgan fingerprint density at radius 3 is 2.78 bits per heavy atom. The normalized spacial score (nSPS) is 14.4. The summed E-state index contributed by atoms with van der Waals surface area (Å²) in [4.78, 5) is 13.7. The number of benzene rings is 1. The number of rotatable bonds is 5. The van der Waals surface area contributed by atoms with Crippen molar-refractivity contribution in [2.24, 2.45) is 0 Å². The molecule has 23 heavy (non-hydrogen) atoms. The van der Waals surface area contributed by atoms with E-state index in [1.165, 1.54) is 5.57 Å². The number of hydrogen-bond donors (Lipinski definition) is 1. The quantitative estimate of drug-likeness (QED) is 0.665. The number of aryl methyl sites for hydroxylation is 1. The van der Waals surface area contributed by atoms with Gasteiger partial charge in [-0.2, -0.15) is 0 Å². The SMILES string of the molecule is CCCCOC(=O)N1CC=C(c2cc(OC)c(N)cc2C)CC1. The van der Waals surface area contributed by atoms with E-state index >= 15 is 0 Å². The number of ether oxygens (including phenoxy) is 2. The third-order valence-electron chi connectivity index (χ3n) is 4.11. The van der Waals surface area contributed by atoms with Crippen LogP contribution in [0, 0.1) is 6.92 Å². The van der Waals surface area contributed by atoms with Crippen LogP contribution in [0.5, 0.6) is 5.75 Å². The van der Waals surface area contributed by atoms with Crippen molar-refractivity contribution in [1.82, 2.24) is 4.90 Å². The fraction of sp³-hybridized carbons (Fsp3) is 0.500. The molecule has 0 unspecified atom stereocenters. The molecule has 1 amide bonds. The first kappa shape index (κ1) is 17.2. The Balaban J connectivity index is 2.06. The van der Waals surface area contributed by atoms with E-state index in [4.69, 9.17) is 15.2 Å². The number of carbonyl (C=O) groups is 1. The molecule has 0 spiro atoms. The van der Waals surface area contributed by atoms with Crippen molar-refractivity contribution < 1.29 is 14.3 Å². The summed E-state index contributed by atoms with van der Waals surface area (Å²) in [6.07, 6.45) is 4.60. The fourth-order valence-electron chi connectivity index (χ4n) is 2.71. The van der Waals surface area contributed by atoms with Crippen LogP contribution in [-0.2, 0) is 4.74 Å². The lowest BCUT2D eigenvalue weighted by atomic mass is 9.95. The molecule has 0 saturated heterocycles. The van der Waals surface area contributed by atoms with Crippen LogP contribution in [0.1, 0.15) is 37.3 Å². The van der Waals surface area contributed by atoms with E-state index in [1.807, 2.05) is 19.1 Å². The Labute approximate surface area is 138 Å². The second-order valence-corrected chi connectivity index (χ2v) is 5.80. The molecule has 2 N–H and O–H groups in total. The molecular formula is C18H26N2O3. The van der Waals surface area contributed by atoms with Crippen molar-refractivity contribution in [2.45, 2.75) is 33.1 Å². The Bertz CT molecular complexity index is 596. The number of nitrogens with zero attached hydrogens (tertiary/aromatic N) is 1. The maximum atomic E-state index is 12.0. The molecule has 0 atom stereocenters. The highest BCUT2D eigenvalue weighted by molar-refractivity contribution is 5.76. The number of nitrogens with two attached hydrogens (primary N) is 1. The lowest BCUT2D eigenvalue weighted by molar-refractivity contribution is 0.105. The zero-order valence-corrected chi connectivity index (χ0v) is 14.2. The maximum Gasteiger partial charge on any atom is 0.410 e. The van der Waals surface area contributed by atoms with Crippen molar-refractivity contribution in [3.8, 4) is 5.75 Å². The molecule has 1 aromatic rings. The van der Waals surface area contributed by atoms with Crippen molar-refractivity contribution in [3.05, 3.63) is 29.3 Å². The van der Waals surface area contributed by atoms with E-state index in [0.29, 0.717) is 31.1 Å². The lowest BCUT2D eigenvalue weighted by Crippen LogP contribution is -2.35. The minimum Gasteiger partial charge on any atom is -0.495 e. The summed E-state index contributed by atoms with van der Waals surface area (Å²) in [6, 6.07) is 3.91. The molecule has 2 rings (SSSR count). The highest BCUT2D eigenvalue weighted by Gasteiger charge is 2.20. The van der Waals surface area contributed by atoms with Gasteiger partial charge in [0.1, 0.15) is 5.75 Å². The van der Waals surface area contributed by atoms with Crippen LogP contribution >= 0.6 is 0 Å². The number of methoxy groups -OCH3 is 1. The molecule has 0 fully saturated rings. The van der Waals surface area contributed by atoms with Crippen LogP contribution in [0.4, 0.5) is 10.5 Å². The predicted molar refractivity (Wildman–Crippen MR) is 92.6 cm³/mol. The smallest absolute Gasteiger partial charge is 0.410 e. The molecule has 1 aliphatic heterocycles. The van der Waals surface area contributed by atoms with Gasteiger partial charge in [-0.1, -0.05) is 19.4 Å². The van der Waals surface area contributed by atoms with Gasteiger partial charge >= 0.3 is 6.09 Å². The Kier molecular flexibility index (Phi) is 5.90. The molecule has 1 aliphatic rings. The summed E-state index contributed by atoms with van der Waals surface area (Å²) in [5.41, 5.74) is 10.1. The summed E-state index contributed by atoms with van der Waals surface area (Å²) in [7, 11) is 1.62. The molecule has 1 aromatic carbocycles. The molecule has 0 saturated carbocycles. The topological polar surface area (TPSA) is 64.8 Å². The minimum absolute atomic E-state index is 0.222. The summed E-state index contributed by atoms with van der Waals surface area (Å²) < 4.78 is 10.6. The lowest BCUT2D eigenvalue weighted by Gasteiger charge is -2.26. The van der Waals surface area contributed by atoms with Gasteiger partial charge in [-0.15, -0.1) is 0 Å². The summed E-state index contributed by atoms with van der Waals surface area (Å²) in [5, 5.41) is 0. The van der Waals surface area contributed by atoms with Crippen LogP contribution in [-0.4, -0.2) is 37.8 Å². The van der Waals surface area contributed by atoms with E-state index < -0.39 is 0 Å². The molecule has 0 aliphatic carbocycles. The van der Waals surface area contributed by atoms with Crippen molar-refractivity contribution in [3.63, 3.8) is 0 Å². The number of unbranched alkanes of at least 4 members (excludes halogenated alkanes) is 1. The van der Waals surface area contributed by atoms with E-state index in [9.17, 15) is 4.79 Å².